The van der Waals surface area contributed by atoms with Crippen LogP contribution in [0.5, 0.6) is 0 Å². The minimum atomic E-state index is -0.432. The van der Waals surface area contributed by atoms with Crippen molar-refractivity contribution in [1.29, 1.82) is 0 Å². The van der Waals surface area contributed by atoms with Crippen LogP contribution in [0.4, 0.5) is 5.69 Å². The Morgan fingerprint density at radius 2 is 2.15 bits per heavy atom. The second-order valence-corrected chi connectivity index (χ2v) is 2.79. The summed E-state index contributed by atoms with van der Waals surface area (Å²) >= 11 is 5.36. The van der Waals surface area contributed by atoms with Crippen LogP contribution in [0.2, 0.25) is 0 Å². The highest BCUT2D eigenvalue weighted by Crippen LogP contribution is 2.11. The molecule has 0 spiro atoms. The van der Waals surface area contributed by atoms with Crippen molar-refractivity contribution in [3.63, 3.8) is 0 Å². The number of carbonyl (C=O) groups is 1. The maximum absolute atomic E-state index is 11.3. The minimum Gasteiger partial charge on any atom is -0.461 e. The number of hydrogen-bond acceptors (Lipinski definition) is 3. The maximum atomic E-state index is 11.3. The molecule has 1 aromatic rings. The monoisotopic (exact) mass is 199 g/mol. The van der Waals surface area contributed by atoms with E-state index in [9.17, 15) is 4.79 Å². The molecule has 0 aliphatic carbocycles. The summed E-state index contributed by atoms with van der Waals surface area (Å²) in [5, 5.41) is 0. The van der Waals surface area contributed by atoms with Crippen molar-refractivity contribution in [2.45, 2.75) is 0 Å². The van der Waals surface area contributed by atoms with E-state index in [0.29, 0.717) is 17.1 Å². The molecule has 0 bridgehead atoms. The van der Waals surface area contributed by atoms with Crippen LogP contribution >= 0.6 is 11.6 Å². The van der Waals surface area contributed by atoms with Gasteiger partial charge >= 0.3 is 5.97 Å². The molecule has 0 atom stereocenters. The van der Waals surface area contributed by atoms with Crippen molar-refractivity contribution in [3.8, 4) is 0 Å². The van der Waals surface area contributed by atoms with Crippen molar-refractivity contribution in [1.82, 2.24) is 0 Å². The van der Waals surface area contributed by atoms with Crippen LogP contribution in [0.1, 0.15) is 10.4 Å². The van der Waals surface area contributed by atoms with Gasteiger partial charge in [0.2, 0.25) is 0 Å². The van der Waals surface area contributed by atoms with Crippen molar-refractivity contribution in [3.05, 3.63) is 29.8 Å². The largest absolute Gasteiger partial charge is 0.461 e. The second kappa shape index (κ2) is 4.72. The molecule has 0 aliphatic rings. The van der Waals surface area contributed by atoms with Gasteiger partial charge in [-0.1, -0.05) is 12.1 Å². The summed E-state index contributed by atoms with van der Waals surface area (Å²) in [5.74, 6) is -0.142. The number of nitrogen functional groups attached to an aromatic ring is 1. The molecule has 0 aliphatic heterocycles. The molecule has 0 unspecified atom stereocenters. The summed E-state index contributed by atoms with van der Waals surface area (Å²) in [7, 11) is 0. The van der Waals surface area contributed by atoms with Crippen LogP contribution in [0, 0.1) is 0 Å². The van der Waals surface area contributed by atoms with E-state index in [1.807, 2.05) is 0 Å². The Morgan fingerprint density at radius 1 is 1.46 bits per heavy atom. The number of alkyl halides is 1. The molecular weight excluding hydrogens is 190 g/mol. The van der Waals surface area contributed by atoms with Gasteiger partial charge in [0.15, 0.2) is 0 Å². The average molecular weight is 200 g/mol. The van der Waals surface area contributed by atoms with E-state index in [1.165, 1.54) is 0 Å². The lowest BCUT2D eigenvalue weighted by Crippen LogP contribution is -2.09. The van der Waals surface area contributed by atoms with E-state index in [4.69, 9.17) is 22.1 Å². The zero-order valence-electron chi connectivity index (χ0n) is 7.00. The molecule has 0 heterocycles. The molecule has 1 aromatic carbocycles. The topological polar surface area (TPSA) is 52.3 Å². The first-order valence-electron chi connectivity index (χ1n) is 3.83. The number of rotatable bonds is 3. The van der Waals surface area contributed by atoms with Gasteiger partial charge in [-0.25, -0.2) is 4.79 Å². The molecular formula is C9H10ClNO2. The van der Waals surface area contributed by atoms with Gasteiger partial charge in [0.25, 0.3) is 0 Å². The van der Waals surface area contributed by atoms with Gasteiger partial charge in [-0.3, -0.25) is 0 Å². The smallest absolute Gasteiger partial charge is 0.340 e. The number of nitrogens with two attached hydrogens (primary N) is 1. The lowest BCUT2D eigenvalue weighted by Gasteiger charge is -2.04. The third-order valence-corrected chi connectivity index (χ3v) is 1.65. The van der Waals surface area contributed by atoms with Gasteiger partial charge in [-0.05, 0) is 12.1 Å². The van der Waals surface area contributed by atoms with Crippen molar-refractivity contribution >= 4 is 23.3 Å². The highest BCUT2D eigenvalue weighted by Gasteiger charge is 2.08. The van der Waals surface area contributed by atoms with Crippen molar-refractivity contribution in [2.24, 2.45) is 0 Å². The first-order valence-corrected chi connectivity index (χ1v) is 4.36. The summed E-state index contributed by atoms with van der Waals surface area (Å²) in [6.07, 6.45) is 0. The Kier molecular flexibility index (Phi) is 3.58. The number of ether oxygens (including phenoxy) is 1. The average Bonchev–Trinajstić information content (AvgIpc) is 2.15. The predicted octanol–water partition coefficient (Wildman–Crippen LogP) is 1.66. The summed E-state index contributed by atoms with van der Waals surface area (Å²) in [4.78, 5) is 11.3. The standard InChI is InChI=1S/C9H10ClNO2/c10-5-6-13-9(12)7-3-1-2-4-8(7)11/h1-4H,5-6,11H2. The molecule has 0 fully saturated rings. The number of anilines is 1. The third kappa shape index (κ3) is 2.63. The molecule has 0 amide bonds. The van der Waals surface area contributed by atoms with Gasteiger partial charge in [0.05, 0.1) is 11.4 Å². The van der Waals surface area contributed by atoms with Gasteiger partial charge in [-0.2, -0.15) is 0 Å². The Morgan fingerprint density at radius 3 is 2.77 bits per heavy atom. The third-order valence-electron chi connectivity index (χ3n) is 1.49. The number of esters is 1. The van der Waals surface area contributed by atoms with E-state index in [1.54, 1.807) is 24.3 Å². The summed E-state index contributed by atoms with van der Waals surface area (Å²) in [6, 6.07) is 6.75. The molecule has 0 aromatic heterocycles. The van der Waals surface area contributed by atoms with E-state index in [2.05, 4.69) is 0 Å². The highest BCUT2D eigenvalue weighted by atomic mass is 35.5. The summed E-state index contributed by atoms with van der Waals surface area (Å²) in [6.45, 7) is 0.203. The van der Waals surface area contributed by atoms with Crippen LogP contribution in [0.3, 0.4) is 0 Å². The first-order chi connectivity index (χ1) is 6.25. The highest BCUT2D eigenvalue weighted by molar-refractivity contribution is 6.18. The summed E-state index contributed by atoms with van der Waals surface area (Å²) < 4.78 is 4.81. The molecule has 70 valence electrons. The molecule has 4 heteroatoms. The SMILES string of the molecule is Nc1ccccc1C(=O)OCCCl. The van der Waals surface area contributed by atoms with Crippen molar-refractivity contribution in [2.75, 3.05) is 18.2 Å². The van der Waals surface area contributed by atoms with E-state index >= 15 is 0 Å². The Balaban J connectivity index is 2.71. The van der Waals surface area contributed by atoms with Crippen LogP contribution in [0.25, 0.3) is 0 Å². The first kappa shape index (κ1) is 9.86. The number of carbonyl (C=O) groups excluding carboxylic acids is 1. The molecule has 1 rings (SSSR count). The number of halogens is 1. The molecule has 0 radical (unpaired) electrons. The van der Waals surface area contributed by atoms with Crippen LogP contribution < -0.4 is 5.73 Å². The Labute approximate surface area is 81.4 Å². The van der Waals surface area contributed by atoms with Gasteiger partial charge in [0, 0.05) is 5.69 Å². The maximum Gasteiger partial charge on any atom is 0.340 e. The second-order valence-electron chi connectivity index (χ2n) is 2.41. The minimum absolute atomic E-state index is 0.203. The van der Waals surface area contributed by atoms with E-state index in [-0.39, 0.29) is 6.61 Å². The number of benzene rings is 1. The van der Waals surface area contributed by atoms with E-state index < -0.39 is 5.97 Å². The molecule has 2 N–H and O–H groups in total. The quantitative estimate of drug-likeness (QED) is 0.458. The fraction of sp³-hybridized carbons (Fsp3) is 0.222. The Bertz CT molecular complexity index is 301. The normalized spacial score (nSPS) is 9.62. The van der Waals surface area contributed by atoms with Crippen LogP contribution in [0.15, 0.2) is 24.3 Å². The van der Waals surface area contributed by atoms with Crippen LogP contribution in [-0.2, 0) is 4.74 Å². The predicted molar refractivity (Wildman–Crippen MR) is 51.9 cm³/mol. The molecule has 3 nitrogen and oxygen atoms in total. The molecule has 0 saturated heterocycles. The van der Waals surface area contributed by atoms with Gasteiger partial charge in [-0.15, -0.1) is 11.6 Å². The zero-order valence-corrected chi connectivity index (χ0v) is 7.75. The fourth-order valence-corrected chi connectivity index (χ4v) is 0.969. The van der Waals surface area contributed by atoms with Gasteiger partial charge < -0.3 is 10.5 Å². The van der Waals surface area contributed by atoms with Crippen molar-refractivity contribution < 1.29 is 9.53 Å². The van der Waals surface area contributed by atoms with Gasteiger partial charge in [0.1, 0.15) is 6.61 Å². The molecule has 13 heavy (non-hydrogen) atoms. The van der Waals surface area contributed by atoms with E-state index in [0.717, 1.165) is 0 Å². The lowest BCUT2D eigenvalue weighted by molar-refractivity contribution is 0.0530. The molecule has 0 saturated carbocycles. The lowest BCUT2D eigenvalue weighted by atomic mass is 10.2. The number of hydrogen-bond donors (Lipinski definition) is 1. The zero-order chi connectivity index (χ0) is 9.68. The Hall–Kier alpha value is -1.22. The van der Waals surface area contributed by atoms with Crippen LogP contribution in [-0.4, -0.2) is 18.5 Å². The summed E-state index contributed by atoms with van der Waals surface area (Å²) in [5.41, 5.74) is 6.36. The number of para-hydroxylation sites is 1. The fourth-order valence-electron chi connectivity index (χ4n) is 0.892.